The van der Waals surface area contributed by atoms with E-state index in [4.69, 9.17) is 4.74 Å². The summed E-state index contributed by atoms with van der Waals surface area (Å²) < 4.78 is 6.29. The Bertz CT molecular complexity index is 1140. The Morgan fingerprint density at radius 1 is 0.844 bits per heavy atom. The minimum absolute atomic E-state index is 0.162. The van der Waals surface area contributed by atoms with E-state index in [1.54, 1.807) is 24.3 Å². The first-order chi connectivity index (χ1) is 15.4. The summed E-state index contributed by atoms with van der Waals surface area (Å²) in [6, 6.07) is 13.9. The molecule has 0 aromatic heterocycles. The molecule has 2 aromatic carbocycles. The van der Waals surface area contributed by atoms with Crippen LogP contribution in [0.3, 0.4) is 0 Å². The van der Waals surface area contributed by atoms with Crippen molar-refractivity contribution in [2.75, 3.05) is 0 Å². The third-order valence-electron chi connectivity index (χ3n) is 7.65. The smallest absolute Gasteiger partial charge is 0.237 e. The van der Waals surface area contributed by atoms with Gasteiger partial charge in [0.15, 0.2) is 0 Å². The molecule has 6 nitrogen and oxygen atoms in total. The number of nitrogens with zero attached hydrogens (tertiary/aromatic N) is 1. The minimum Gasteiger partial charge on any atom is -0.349 e. The highest BCUT2D eigenvalue weighted by Crippen LogP contribution is 2.57. The lowest BCUT2D eigenvalue weighted by molar-refractivity contribution is -0.147. The summed E-state index contributed by atoms with van der Waals surface area (Å²) >= 11 is 0. The van der Waals surface area contributed by atoms with E-state index < -0.39 is 41.0 Å². The lowest BCUT2D eigenvalue weighted by Gasteiger charge is -2.29. The van der Waals surface area contributed by atoms with E-state index >= 15 is 0 Å². The zero-order chi connectivity index (χ0) is 22.2. The Morgan fingerprint density at radius 2 is 1.44 bits per heavy atom. The molecule has 3 fully saturated rings. The predicted molar refractivity (Wildman–Crippen MR) is 114 cm³/mol. The van der Waals surface area contributed by atoms with Crippen molar-refractivity contribution in [3.8, 4) is 0 Å². The van der Waals surface area contributed by atoms with E-state index in [1.807, 2.05) is 31.2 Å². The van der Waals surface area contributed by atoms with E-state index in [0.717, 1.165) is 31.2 Å². The van der Waals surface area contributed by atoms with Crippen LogP contribution in [0.2, 0.25) is 0 Å². The lowest BCUT2D eigenvalue weighted by atomic mass is 9.77. The van der Waals surface area contributed by atoms with Crippen molar-refractivity contribution in [1.29, 1.82) is 0 Å². The molecule has 1 saturated carbocycles. The van der Waals surface area contributed by atoms with Crippen molar-refractivity contribution >= 4 is 23.4 Å². The fourth-order valence-corrected chi connectivity index (χ4v) is 6.12. The molecular formula is C26H23NO5. The number of ether oxygens (including phenoxy) is 1. The maximum absolute atomic E-state index is 13.7. The summed E-state index contributed by atoms with van der Waals surface area (Å²) in [6.45, 7) is 1.95. The van der Waals surface area contributed by atoms with Crippen LogP contribution in [0.25, 0.3) is 0 Å². The van der Waals surface area contributed by atoms with Gasteiger partial charge in [-0.15, -0.1) is 0 Å². The quantitative estimate of drug-likeness (QED) is 0.540. The first-order valence-corrected chi connectivity index (χ1v) is 11.2. The van der Waals surface area contributed by atoms with E-state index in [-0.39, 0.29) is 23.1 Å². The number of amides is 2. The highest BCUT2D eigenvalue weighted by molar-refractivity contribution is 6.35. The lowest BCUT2D eigenvalue weighted by Crippen LogP contribution is -2.51. The number of imide groups is 1. The Balaban J connectivity index is 1.52. The normalized spacial score (nSPS) is 28.8. The van der Waals surface area contributed by atoms with Crippen LogP contribution in [0, 0.1) is 18.8 Å². The Morgan fingerprint density at radius 3 is 2.03 bits per heavy atom. The summed E-state index contributed by atoms with van der Waals surface area (Å²) in [4.78, 5) is 56.1. The van der Waals surface area contributed by atoms with Gasteiger partial charge in [-0.05, 0) is 25.3 Å². The molecule has 0 unspecified atom stereocenters. The number of rotatable bonds is 2. The van der Waals surface area contributed by atoms with Crippen LogP contribution in [0.15, 0.2) is 48.5 Å². The molecule has 2 heterocycles. The van der Waals surface area contributed by atoms with Crippen molar-refractivity contribution in [2.45, 2.75) is 50.4 Å². The number of hydrogen-bond acceptors (Lipinski definition) is 5. The van der Waals surface area contributed by atoms with Crippen molar-refractivity contribution in [1.82, 2.24) is 4.90 Å². The number of hydrogen-bond donors (Lipinski definition) is 0. The molecule has 3 atom stereocenters. The van der Waals surface area contributed by atoms with Gasteiger partial charge in [0.25, 0.3) is 0 Å². The molecule has 0 radical (unpaired) electrons. The minimum atomic E-state index is -1.97. The molecule has 4 aliphatic rings. The van der Waals surface area contributed by atoms with E-state index in [0.29, 0.717) is 5.56 Å². The number of carbonyl (C=O) groups is 4. The van der Waals surface area contributed by atoms with Crippen LogP contribution in [0.1, 0.15) is 63.6 Å². The van der Waals surface area contributed by atoms with Crippen molar-refractivity contribution in [2.24, 2.45) is 11.8 Å². The van der Waals surface area contributed by atoms with E-state index in [1.165, 1.54) is 4.90 Å². The number of aryl methyl sites for hydroxylation is 1. The molecule has 2 aromatic rings. The number of fused-ring (bicyclic) bond motifs is 3. The fraction of sp³-hybridized carbons (Fsp3) is 0.385. The van der Waals surface area contributed by atoms with Gasteiger partial charge in [-0.25, -0.2) is 0 Å². The number of benzene rings is 2. The molecule has 162 valence electrons. The number of likely N-dealkylation sites (tertiary alicyclic amines) is 1. The highest BCUT2D eigenvalue weighted by atomic mass is 16.5. The van der Waals surface area contributed by atoms with Gasteiger partial charge < -0.3 is 4.74 Å². The van der Waals surface area contributed by atoms with Crippen LogP contribution >= 0.6 is 0 Å². The van der Waals surface area contributed by atoms with E-state index in [9.17, 15) is 19.2 Å². The van der Waals surface area contributed by atoms with Crippen molar-refractivity contribution < 1.29 is 23.9 Å². The van der Waals surface area contributed by atoms with Gasteiger partial charge in [-0.1, -0.05) is 66.9 Å². The zero-order valence-electron chi connectivity index (χ0n) is 17.7. The topological polar surface area (TPSA) is 80.8 Å². The monoisotopic (exact) mass is 429 g/mol. The van der Waals surface area contributed by atoms with Crippen LogP contribution < -0.4 is 0 Å². The summed E-state index contributed by atoms with van der Waals surface area (Å²) in [5, 5.41) is 0. The average molecular weight is 429 g/mol. The molecule has 2 saturated heterocycles. The molecule has 6 heteroatoms. The first kappa shape index (κ1) is 19.6. The third kappa shape index (κ3) is 2.33. The van der Waals surface area contributed by atoms with Crippen molar-refractivity contribution in [3.05, 3.63) is 70.8 Å². The van der Waals surface area contributed by atoms with Crippen LogP contribution in [-0.2, 0) is 14.3 Å². The Labute approximate surface area is 185 Å². The average Bonchev–Trinajstić information content (AvgIpc) is 3.54. The molecule has 1 spiro atoms. The largest absolute Gasteiger partial charge is 0.349 e. The summed E-state index contributed by atoms with van der Waals surface area (Å²) in [7, 11) is 0. The van der Waals surface area contributed by atoms with Gasteiger partial charge in [0.1, 0.15) is 0 Å². The van der Waals surface area contributed by atoms with Crippen LogP contribution in [0.5, 0.6) is 0 Å². The fourth-order valence-electron chi connectivity index (χ4n) is 6.12. The van der Waals surface area contributed by atoms with Crippen LogP contribution in [-0.4, -0.2) is 39.9 Å². The SMILES string of the molecule is Cc1ccc([C@@H]2OC3(C(=O)c4ccccc4C3=O)[C@@H]3C(=O)N(C4CCCC4)C(=O)[C@@H]32)cc1. The summed E-state index contributed by atoms with van der Waals surface area (Å²) in [5.41, 5.74) is 0.304. The maximum Gasteiger partial charge on any atom is 0.237 e. The second-order valence-electron chi connectivity index (χ2n) is 9.38. The third-order valence-corrected chi connectivity index (χ3v) is 7.65. The van der Waals surface area contributed by atoms with Gasteiger partial charge in [0.2, 0.25) is 29.0 Å². The maximum atomic E-state index is 13.7. The number of ketones is 2. The number of carbonyl (C=O) groups excluding carboxylic acids is 4. The molecule has 32 heavy (non-hydrogen) atoms. The van der Waals surface area contributed by atoms with Gasteiger partial charge in [0.05, 0.1) is 17.9 Å². The molecule has 2 amide bonds. The first-order valence-electron chi connectivity index (χ1n) is 11.2. The van der Waals surface area contributed by atoms with Gasteiger partial charge in [0, 0.05) is 17.2 Å². The summed E-state index contributed by atoms with van der Waals surface area (Å²) in [6.07, 6.45) is 2.63. The molecule has 0 N–H and O–H groups in total. The molecular weight excluding hydrogens is 406 g/mol. The van der Waals surface area contributed by atoms with Gasteiger partial charge in [-0.2, -0.15) is 0 Å². The Hall–Kier alpha value is -3.12. The second kappa shape index (κ2) is 6.69. The number of Topliss-reactive ketones (excluding diaryl/α,β-unsaturated/α-hetero) is 2. The van der Waals surface area contributed by atoms with Gasteiger partial charge >= 0.3 is 0 Å². The van der Waals surface area contributed by atoms with E-state index in [2.05, 4.69) is 0 Å². The zero-order valence-corrected chi connectivity index (χ0v) is 17.7. The second-order valence-corrected chi connectivity index (χ2v) is 9.38. The standard InChI is InChI=1S/C26H23NO5/c1-14-10-12-15(13-11-14)21-19-20(25(31)27(24(19)30)16-6-2-3-7-16)26(32-21)22(28)17-8-4-5-9-18(17)23(26)29/h4-5,8-13,16,19-21H,2-3,6-7H2,1H3/t19-,20-,21-/m0/s1. The van der Waals surface area contributed by atoms with Crippen molar-refractivity contribution in [3.63, 3.8) is 0 Å². The van der Waals surface area contributed by atoms with Gasteiger partial charge in [-0.3, -0.25) is 24.1 Å². The predicted octanol–water partition coefficient (Wildman–Crippen LogP) is 3.43. The highest BCUT2D eigenvalue weighted by Gasteiger charge is 2.75. The molecule has 6 rings (SSSR count). The molecule has 2 aliphatic heterocycles. The summed E-state index contributed by atoms with van der Waals surface area (Å²) in [5.74, 6) is -3.77. The van der Waals surface area contributed by atoms with Crippen LogP contribution in [0.4, 0.5) is 0 Å². The molecule has 2 aliphatic carbocycles. The molecule has 0 bridgehead atoms. The Kier molecular flexibility index (Phi) is 4.09.